The van der Waals surface area contributed by atoms with E-state index < -0.39 is 22.6 Å². The highest BCUT2D eigenvalue weighted by atomic mass is 32.2. The number of alkyl halides is 3. The molecule has 3 aliphatic rings. The quantitative estimate of drug-likeness (QED) is 0.197. The lowest BCUT2D eigenvalue weighted by atomic mass is 9.72. The lowest BCUT2D eigenvalue weighted by Crippen LogP contribution is -2.61. The van der Waals surface area contributed by atoms with Gasteiger partial charge in [0.2, 0.25) is 5.91 Å². The SMILES string of the molecule is C=CC(=O)N1CC2(CCN(c3nc(C4CCN(CCS(C)(=O)=O)CC4)nc4c(OCC(F)(F)F)c(-c5c(C)ccc6[nH]ncc56)c(C=C)cc34)CC2)C1. The van der Waals surface area contributed by atoms with Crippen LogP contribution in [0.4, 0.5) is 19.0 Å². The van der Waals surface area contributed by atoms with E-state index in [1.165, 1.54) is 12.3 Å². The van der Waals surface area contributed by atoms with Crippen molar-refractivity contribution in [3.8, 4) is 16.9 Å². The largest absolute Gasteiger partial charge is 0.481 e. The average Bonchev–Trinajstić information content (AvgIpc) is 3.59. The Morgan fingerprint density at radius 2 is 1.79 bits per heavy atom. The number of nitrogens with one attached hydrogen (secondary N) is 1. The molecule has 4 aromatic rings. The fourth-order valence-electron chi connectivity index (χ4n) is 8.12. The van der Waals surface area contributed by atoms with E-state index in [1.807, 2.05) is 25.1 Å². The summed E-state index contributed by atoms with van der Waals surface area (Å²) in [5, 5.41) is 8.48. The molecule has 3 aliphatic heterocycles. The van der Waals surface area contributed by atoms with Crippen molar-refractivity contribution in [2.75, 3.05) is 69.3 Å². The molecule has 7 rings (SSSR count). The van der Waals surface area contributed by atoms with Crippen molar-refractivity contribution in [2.45, 2.75) is 44.7 Å². The van der Waals surface area contributed by atoms with Crippen LogP contribution in [0, 0.1) is 12.3 Å². The molecule has 15 heteroatoms. The fourth-order valence-corrected chi connectivity index (χ4v) is 8.71. The number of aromatic amines is 1. The molecule has 1 N–H and O–H groups in total. The Hall–Kier alpha value is -4.50. The minimum atomic E-state index is -4.62. The van der Waals surface area contributed by atoms with Gasteiger partial charge in [-0.05, 0) is 80.6 Å². The Labute approximate surface area is 306 Å². The van der Waals surface area contributed by atoms with Gasteiger partial charge in [0, 0.05) is 66.6 Å². The van der Waals surface area contributed by atoms with E-state index >= 15 is 0 Å². The number of aryl methyl sites for hydroxylation is 1. The number of amides is 1. The van der Waals surface area contributed by atoms with Crippen LogP contribution in [0.5, 0.6) is 5.75 Å². The summed E-state index contributed by atoms with van der Waals surface area (Å²) in [6, 6.07) is 5.68. The lowest BCUT2D eigenvalue weighted by molar-refractivity contribution is -0.153. The minimum Gasteiger partial charge on any atom is -0.481 e. The number of sulfone groups is 1. The number of nitrogens with zero attached hydrogens (tertiary/aromatic N) is 6. The zero-order valence-corrected chi connectivity index (χ0v) is 30.8. The number of hydrogen-bond donors (Lipinski definition) is 1. The number of fused-ring (bicyclic) bond motifs is 2. The second kappa shape index (κ2) is 14.0. The number of carbonyl (C=O) groups excluding carboxylic acids is 1. The predicted octanol–water partition coefficient (Wildman–Crippen LogP) is 5.90. The second-order valence-electron chi connectivity index (χ2n) is 14.8. The highest BCUT2D eigenvalue weighted by Crippen LogP contribution is 2.48. The van der Waals surface area contributed by atoms with Crippen LogP contribution >= 0.6 is 0 Å². The smallest absolute Gasteiger partial charge is 0.422 e. The summed E-state index contributed by atoms with van der Waals surface area (Å²) >= 11 is 0. The van der Waals surface area contributed by atoms with Crippen LogP contribution in [0.2, 0.25) is 0 Å². The van der Waals surface area contributed by atoms with Gasteiger partial charge in [-0.1, -0.05) is 25.3 Å². The molecule has 0 atom stereocenters. The van der Waals surface area contributed by atoms with Crippen molar-refractivity contribution in [2.24, 2.45) is 5.41 Å². The number of likely N-dealkylation sites (tertiary alicyclic amines) is 2. The Bertz CT molecular complexity index is 2180. The van der Waals surface area contributed by atoms with Gasteiger partial charge < -0.3 is 19.4 Å². The molecular weight excluding hydrogens is 708 g/mol. The molecule has 0 aliphatic carbocycles. The van der Waals surface area contributed by atoms with Crippen molar-refractivity contribution < 1.29 is 31.1 Å². The van der Waals surface area contributed by atoms with E-state index in [1.54, 1.807) is 17.2 Å². The molecule has 0 saturated carbocycles. The molecule has 53 heavy (non-hydrogen) atoms. The molecule has 1 amide bonds. The maximum absolute atomic E-state index is 14.0. The minimum absolute atomic E-state index is 0.000854. The third-order valence-corrected chi connectivity index (χ3v) is 12.0. The van der Waals surface area contributed by atoms with E-state index in [4.69, 9.17) is 14.7 Å². The lowest BCUT2D eigenvalue weighted by Gasteiger charge is -2.54. The van der Waals surface area contributed by atoms with E-state index in [0.717, 1.165) is 29.3 Å². The average molecular weight is 752 g/mol. The van der Waals surface area contributed by atoms with Crippen LogP contribution in [0.15, 0.2) is 43.6 Å². The van der Waals surface area contributed by atoms with Crippen LogP contribution in [0.1, 0.15) is 48.6 Å². The second-order valence-corrected chi connectivity index (χ2v) is 17.1. The molecule has 3 saturated heterocycles. The number of ether oxygens (including phenoxy) is 1. The van der Waals surface area contributed by atoms with Crippen molar-refractivity contribution in [1.82, 2.24) is 30.0 Å². The maximum atomic E-state index is 14.0. The molecule has 2 aromatic carbocycles. The molecule has 1 spiro atoms. The zero-order valence-electron chi connectivity index (χ0n) is 30.0. The Kier molecular flexibility index (Phi) is 9.77. The number of piperidine rings is 2. The Morgan fingerprint density at radius 1 is 1.08 bits per heavy atom. The normalized spacial score (nSPS) is 18.4. The first-order valence-corrected chi connectivity index (χ1v) is 19.9. The van der Waals surface area contributed by atoms with Gasteiger partial charge in [-0.25, -0.2) is 18.4 Å². The highest BCUT2D eigenvalue weighted by Gasteiger charge is 2.46. The number of rotatable bonds is 10. The van der Waals surface area contributed by atoms with Crippen LogP contribution in [-0.4, -0.2) is 115 Å². The molecule has 3 fully saturated rings. The van der Waals surface area contributed by atoms with E-state index in [-0.39, 0.29) is 28.7 Å². The fraction of sp³-hybridized carbons (Fsp3) is 0.474. The standard InChI is InChI=1S/C38H44F3N7O4S/c1-5-25-19-27-33(34(52-23-38(39,40)41)32(25)31-24(3)7-8-29-28(31)20-42-45-29)43-35(26-9-13-46(14-10-26)17-18-53(4,50)51)44-36(27)47-15-11-37(12-16-47)21-48(22-37)30(49)6-2/h5-8,19-20,26H,1-2,9-18,21-23H2,3-4H3,(H,42,45). The predicted molar refractivity (Wildman–Crippen MR) is 200 cm³/mol. The van der Waals surface area contributed by atoms with Crippen molar-refractivity contribution >= 4 is 49.4 Å². The summed E-state index contributed by atoms with van der Waals surface area (Å²) in [6.45, 7) is 12.4. The van der Waals surface area contributed by atoms with Gasteiger partial charge in [0.1, 0.15) is 27.0 Å². The molecular formula is C38H44F3N7O4S. The molecule has 282 valence electrons. The third-order valence-electron chi connectivity index (χ3n) is 11.0. The van der Waals surface area contributed by atoms with Gasteiger partial charge in [0.15, 0.2) is 12.4 Å². The van der Waals surface area contributed by atoms with Crippen LogP contribution in [0.25, 0.3) is 39.0 Å². The van der Waals surface area contributed by atoms with Gasteiger partial charge in [0.05, 0.1) is 17.5 Å². The van der Waals surface area contributed by atoms with Crippen LogP contribution < -0.4 is 9.64 Å². The first kappa shape index (κ1) is 36.8. The number of aromatic nitrogens is 4. The topological polar surface area (TPSA) is 125 Å². The summed E-state index contributed by atoms with van der Waals surface area (Å²) in [7, 11) is -3.12. The molecule has 0 unspecified atom stereocenters. The van der Waals surface area contributed by atoms with Crippen molar-refractivity contribution in [3.05, 3.63) is 60.6 Å². The Morgan fingerprint density at radius 3 is 2.43 bits per heavy atom. The monoisotopic (exact) mass is 751 g/mol. The number of H-pyrrole nitrogens is 1. The van der Waals surface area contributed by atoms with Crippen molar-refractivity contribution in [1.29, 1.82) is 0 Å². The van der Waals surface area contributed by atoms with Crippen LogP contribution in [-0.2, 0) is 14.6 Å². The van der Waals surface area contributed by atoms with E-state index in [9.17, 15) is 26.4 Å². The Balaban J connectivity index is 1.35. The number of benzene rings is 2. The molecule has 2 aromatic heterocycles. The number of anilines is 1. The third kappa shape index (κ3) is 7.50. The van der Waals surface area contributed by atoms with E-state index in [0.29, 0.717) is 97.9 Å². The summed E-state index contributed by atoms with van der Waals surface area (Å²) in [6.07, 6.45) is 4.19. The van der Waals surface area contributed by atoms with Crippen molar-refractivity contribution in [3.63, 3.8) is 0 Å². The molecule has 11 nitrogen and oxygen atoms in total. The molecule has 0 radical (unpaired) electrons. The van der Waals surface area contributed by atoms with Gasteiger partial charge in [0.25, 0.3) is 0 Å². The van der Waals surface area contributed by atoms with Gasteiger partial charge in [-0.15, -0.1) is 0 Å². The number of hydrogen-bond acceptors (Lipinski definition) is 9. The molecule has 0 bridgehead atoms. The van der Waals surface area contributed by atoms with Gasteiger partial charge in [-0.3, -0.25) is 9.89 Å². The molecule has 5 heterocycles. The summed E-state index contributed by atoms with van der Waals surface area (Å²) in [5.74, 6) is 1.05. The first-order valence-electron chi connectivity index (χ1n) is 17.9. The zero-order chi connectivity index (χ0) is 37.7. The summed E-state index contributed by atoms with van der Waals surface area (Å²) < 4.78 is 71.5. The van der Waals surface area contributed by atoms with Crippen LogP contribution in [0.3, 0.4) is 0 Å². The summed E-state index contributed by atoms with van der Waals surface area (Å²) in [5.41, 5.74) is 3.54. The van der Waals surface area contributed by atoms with Gasteiger partial charge in [-0.2, -0.15) is 18.3 Å². The highest BCUT2D eigenvalue weighted by molar-refractivity contribution is 7.90. The first-order chi connectivity index (χ1) is 25.2. The number of carbonyl (C=O) groups is 1. The van der Waals surface area contributed by atoms with E-state index in [2.05, 4.69) is 33.2 Å². The number of halogens is 3. The van der Waals surface area contributed by atoms with Gasteiger partial charge >= 0.3 is 6.18 Å². The maximum Gasteiger partial charge on any atom is 0.422 e. The summed E-state index contributed by atoms with van der Waals surface area (Å²) in [4.78, 5) is 28.6.